The van der Waals surface area contributed by atoms with Gasteiger partial charge < -0.3 is 10.5 Å². The lowest BCUT2D eigenvalue weighted by Gasteiger charge is -2.26. The monoisotopic (exact) mass is 278 g/mol. The van der Waals surface area contributed by atoms with Gasteiger partial charge in [0.1, 0.15) is 0 Å². The first-order valence-corrected chi connectivity index (χ1v) is 6.07. The largest absolute Gasteiger partial charge is 0.381 e. The smallest absolute Gasteiger partial charge is 0.324 e. The molecule has 0 aromatic carbocycles. The molecule has 5 nitrogen and oxygen atoms in total. The van der Waals surface area contributed by atoms with Gasteiger partial charge in [-0.3, -0.25) is 10.1 Å². The fourth-order valence-corrected chi connectivity index (χ4v) is 2.84. The summed E-state index contributed by atoms with van der Waals surface area (Å²) in [5, 5.41) is 10.7. The Kier molecular flexibility index (Phi) is 5.32. The summed E-state index contributed by atoms with van der Waals surface area (Å²) in [5.41, 5.74) is 6.12. The van der Waals surface area contributed by atoms with Crippen LogP contribution in [0.2, 0.25) is 0 Å². The molecule has 1 aromatic heterocycles. The third kappa shape index (κ3) is 3.38. The summed E-state index contributed by atoms with van der Waals surface area (Å²) in [4.78, 5) is 11.1. The van der Waals surface area contributed by atoms with Crippen LogP contribution in [0.15, 0.2) is 12.1 Å². The normalized spacial score (nSPS) is 18.4. The molecule has 1 atom stereocenters. The molecule has 2 N–H and O–H groups in total. The third-order valence-electron chi connectivity index (χ3n) is 2.89. The predicted octanol–water partition coefficient (Wildman–Crippen LogP) is 2.50. The fraction of sp³-hybridized carbons (Fsp3) is 0.600. The molecule has 1 aliphatic rings. The van der Waals surface area contributed by atoms with Crippen LogP contribution >= 0.6 is 23.7 Å². The second-order valence-electron chi connectivity index (χ2n) is 3.91. The van der Waals surface area contributed by atoms with E-state index in [4.69, 9.17) is 10.5 Å². The third-order valence-corrected chi connectivity index (χ3v) is 4.03. The second-order valence-corrected chi connectivity index (χ2v) is 5.00. The SMILES string of the molecule is Cl.N[C@@H](c1ccc([N+](=O)[O-])s1)C1CCOCC1. The number of nitro groups is 1. The van der Waals surface area contributed by atoms with Crippen LogP contribution in [0.1, 0.15) is 23.8 Å². The predicted molar refractivity (Wildman–Crippen MR) is 68.7 cm³/mol. The summed E-state index contributed by atoms with van der Waals surface area (Å²) in [6, 6.07) is 3.20. The molecule has 1 fully saturated rings. The maximum atomic E-state index is 10.6. The molecule has 2 heterocycles. The van der Waals surface area contributed by atoms with E-state index in [0.717, 1.165) is 30.9 Å². The number of rotatable bonds is 3. The molecule has 0 spiro atoms. The topological polar surface area (TPSA) is 78.4 Å². The van der Waals surface area contributed by atoms with Crippen LogP contribution in [-0.2, 0) is 4.74 Å². The molecule has 1 aliphatic heterocycles. The Morgan fingerprint density at radius 3 is 2.65 bits per heavy atom. The number of hydrogen-bond acceptors (Lipinski definition) is 5. The number of nitrogens with zero attached hydrogens (tertiary/aromatic N) is 1. The first-order valence-electron chi connectivity index (χ1n) is 5.26. The van der Waals surface area contributed by atoms with Gasteiger partial charge in [-0.15, -0.1) is 12.4 Å². The van der Waals surface area contributed by atoms with E-state index in [9.17, 15) is 10.1 Å². The molecule has 0 aliphatic carbocycles. The van der Waals surface area contributed by atoms with Crippen LogP contribution in [0.3, 0.4) is 0 Å². The molecular formula is C10H15ClN2O3S. The van der Waals surface area contributed by atoms with Crippen molar-refractivity contribution in [3.8, 4) is 0 Å². The molecule has 0 radical (unpaired) electrons. The Morgan fingerprint density at radius 1 is 1.47 bits per heavy atom. The Balaban J connectivity index is 0.00000144. The average Bonchev–Trinajstić information content (AvgIpc) is 2.78. The lowest BCUT2D eigenvalue weighted by molar-refractivity contribution is -0.380. The lowest BCUT2D eigenvalue weighted by atomic mass is 9.91. The van der Waals surface area contributed by atoms with Crippen molar-refractivity contribution >= 4 is 28.7 Å². The van der Waals surface area contributed by atoms with Crippen LogP contribution in [0.5, 0.6) is 0 Å². The van der Waals surface area contributed by atoms with E-state index in [-0.39, 0.29) is 28.4 Å². The zero-order valence-electron chi connectivity index (χ0n) is 9.20. The number of nitrogens with two attached hydrogens (primary N) is 1. The second kappa shape index (κ2) is 6.30. The minimum absolute atomic E-state index is 0. The standard InChI is InChI=1S/C10H14N2O3S.ClH/c11-10(7-3-5-15-6-4-7)8-1-2-9(16-8)12(13)14;/h1-2,7,10H,3-6,11H2;1H/t10-;/m1./s1. The molecule has 17 heavy (non-hydrogen) atoms. The minimum Gasteiger partial charge on any atom is -0.381 e. The summed E-state index contributed by atoms with van der Waals surface area (Å²) in [6.45, 7) is 1.48. The van der Waals surface area contributed by atoms with Gasteiger partial charge in [0.25, 0.3) is 0 Å². The van der Waals surface area contributed by atoms with Gasteiger partial charge in [0.05, 0.1) is 4.92 Å². The summed E-state index contributed by atoms with van der Waals surface area (Å²) >= 11 is 1.18. The summed E-state index contributed by atoms with van der Waals surface area (Å²) in [7, 11) is 0. The molecule has 1 saturated heterocycles. The summed E-state index contributed by atoms with van der Waals surface area (Å²) < 4.78 is 5.27. The highest BCUT2D eigenvalue weighted by molar-refractivity contribution is 7.15. The van der Waals surface area contributed by atoms with Gasteiger partial charge in [-0.05, 0) is 24.8 Å². The molecule has 1 aromatic rings. The van der Waals surface area contributed by atoms with Crippen LogP contribution in [-0.4, -0.2) is 18.1 Å². The lowest BCUT2D eigenvalue weighted by Crippen LogP contribution is -2.26. The Labute approximate surface area is 110 Å². The highest BCUT2D eigenvalue weighted by atomic mass is 35.5. The van der Waals surface area contributed by atoms with Gasteiger partial charge in [-0.25, -0.2) is 0 Å². The van der Waals surface area contributed by atoms with Crippen molar-refractivity contribution < 1.29 is 9.66 Å². The van der Waals surface area contributed by atoms with Gasteiger partial charge in [0.2, 0.25) is 0 Å². The molecular weight excluding hydrogens is 264 g/mol. The van der Waals surface area contributed by atoms with Crippen LogP contribution in [0.4, 0.5) is 5.00 Å². The van der Waals surface area contributed by atoms with Crippen LogP contribution in [0.25, 0.3) is 0 Å². The highest BCUT2D eigenvalue weighted by Gasteiger charge is 2.24. The van der Waals surface area contributed by atoms with Crippen molar-refractivity contribution in [3.05, 3.63) is 27.1 Å². The Hall–Kier alpha value is -0.690. The quantitative estimate of drug-likeness (QED) is 0.681. The van der Waals surface area contributed by atoms with Gasteiger partial charge in [0.15, 0.2) is 0 Å². The molecule has 96 valence electrons. The summed E-state index contributed by atoms with van der Waals surface area (Å²) in [6.07, 6.45) is 1.87. The zero-order chi connectivity index (χ0) is 11.5. The average molecular weight is 279 g/mol. The van der Waals surface area contributed by atoms with Gasteiger partial charge in [-0.1, -0.05) is 11.3 Å². The maximum absolute atomic E-state index is 10.6. The number of halogens is 1. The first kappa shape index (κ1) is 14.4. The van der Waals surface area contributed by atoms with E-state index >= 15 is 0 Å². The minimum atomic E-state index is -0.370. The summed E-state index contributed by atoms with van der Waals surface area (Å²) in [5.74, 6) is 0.381. The van der Waals surface area contributed by atoms with Crippen molar-refractivity contribution in [1.82, 2.24) is 0 Å². The molecule has 7 heteroatoms. The first-order chi connectivity index (χ1) is 7.68. The molecule has 0 unspecified atom stereocenters. The van der Waals surface area contributed by atoms with Gasteiger partial charge >= 0.3 is 5.00 Å². The van der Waals surface area contributed by atoms with E-state index in [1.807, 2.05) is 0 Å². The molecule has 0 bridgehead atoms. The van der Waals surface area contributed by atoms with Crippen molar-refractivity contribution in [1.29, 1.82) is 0 Å². The van der Waals surface area contributed by atoms with Crippen molar-refractivity contribution in [2.45, 2.75) is 18.9 Å². The number of thiophene rings is 1. The van der Waals surface area contributed by atoms with Gasteiger partial charge in [-0.2, -0.15) is 0 Å². The van der Waals surface area contributed by atoms with E-state index in [0.29, 0.717) is 5.92 Å². The zero-order valence-corrected chi connectivity index (χ0v) is 10.8. The van der Waals surface area contributed by atoms with E-state index < -0.39 is 0 Å². The van der Waals surface area contributed by atoms with E-state index in [1.54, 1.807) is 6.07 Å². The van der Waals surface area contributed by atoms with E-state index in [2.05, 4.69) is 0 Å². The van der Waals surface area contributed by atoms with E-state index in [1.165, 1.54) is 17.4 Å². The number of ether oxygens (including phenoxy) is 1. The maximum Gasteiger partial charge on any atom is 0.324 e. The van der Waals surface area contributed by atoms with Crippen molar-refractivity contribution in [2.75, 3.05) is 13.2 Å². The van der Waals surface area contributed by atoms with Crippen LogP contribution < -0.4 is 5.73 Å². The molecule has 2 rings (SSSR count). The molecule has 0 saturated carbocycles. The van der Waals surface area contributed by atoms with Gasteiger partial charge in [0, 0.05) is 30.2 Å². The van der Waals surface area contributed by atoms with Crippen LogP contribution in [0, 0.1) is 16.0 Å². The van der Waals surface area contributed by atoms with Crippen molar-refractivity contribution in [2.24, 2.45) is 11.7 Å². The Bertz CT molecular complexity index is 379. The van der Waals surface area contributed by atoms with Crippen molar-refractivity contribution in [3.63, 3.8) is 0 Å². The fourth-order valence-electron chi connectivity index (χ4n) is 1.93. The highest BCUT2D eigenvalue weighted by Crippen LogP contribution is 2.34. The number of hydrogen-bond donors (Lipinski definition) is 1. The molecule has 0 amide bonds. The Morgan fingerprint density at radius 2 is 2.12 bits per heavy atom.